The van der Waals surface area contributed by atoms with Gasteiger partial charge in [0.1, 0.15) is 0 Å². The van der Waals surface area contributed by atoms with E-state index in [-0.39, 0.29) is 11.7 Å². The molecule has 0 radical (unpaired) electrons. The van der Waals surface area contributed by atoms with Crippen LogP contribution in [0.5, 0.6) is 0 Å². The van der Waals surface area contributed by atoms with Crippen molar-refractivity contribution in [1.82, 2.24) is 5.32 Å². The van der Waals surface area contributed by atoms with Crippen molar-refractivity contribution in [1.29, 1.82) is 0 Å². The summed E-state index contributed by atoms with van der Waals surface area (Å²) in [5.41, 5.74) is 7.63. The number of hydrogen-bond donors (Lipinski definition) is 3. The number of amides is 1. The van der Waals surface area contributed by atoms with Gasteiger partial charge in [0.2, 0.25) is 5.91 Å². The van der Waals surface area contributed by atoms with Crippen molar-refractivity contribution in [2.75, 3.05) is 0 Å². The van der Waals surface area contributed by atoms with Gasteiger partial charge in [-0.2, -0.15) is 0 Å². The number of nitrogens with two attached hydrogens (primary N) is 1. The molecule has 0 saturated carbocycles. The summed E-state index contributed by atoms with van der Waals surface area (Å²) in [4.78, 5) is 11.8. The number of nitrogens with zero attached hydrogens (tertiary/aromatic N) is 1. The van der Waals surface area contributed by atoms with Crippen LogP contribution < -0.4 is 11.1 Å². The first kappa shape index (κ1) is 14.0. The zero-order chi connectivity index (χ0) is 13.5. The van der Waals surface area contributed by atoms with Crippen LogP contribution in [0, 0.1) is 12.8 Å². The van der Waals surface area contributed by atoms with E-state index >= 15 is 0 Å². The van der Waals surface area contributed by atoms with Crippen LogP contribution >= 0.6 is 0 Å². The maximum absolute atomic E-state index is 11.8. The maximum atomic E-state index is 11.8. The smallest absolute Gasteiger partial charge is 0.231 e. The van der Waals surface area contributed by atoms with E-state index in [1.807, 2.05) is 38.1 Å². The molecule has 98 valence electrons. The monoisotopic (exact) mass is 249 g/mol. The summed E-state index contributed by atoms with van der Waals surface area (Å²) in [7, 11) is 0. The van der Waals surface area contributed by atoms with E-state index in [0.717, 1.165) is 11.1 Å². The molecule has 0 saturated heterocycles. The molecule has 5 nitrogen and oxygen atoms in total. The Morgan fingerprint density at radius 3 is 2.83 bits per heavy atom. The Hall–Kier alpha value is -2.04. The van der Waals surface area contributed by atoms with Gasteiger partial charge in [0.05, 0.1) is 5.92 Å². The van der Waals surface area contributed by atoms with Crippen LogP contribution in [0.3, 0.4) is 0 Å². The van der Waals surface area contributed by atoms with Crippen LogP contribution in [0.15, 0.2) is 29.4 Å². The molecule has 0 aromatic heterocycles. The second-order valence-corrected chi connectivity index (χ2v) is 4.19. The summed E-state index contributed by atoms with van der Waals surface area (Å²) < 4.78 is 0. The molecular weight excluding hydrogens is 230 g/mol. The van der Waals surface area contributed by atoms with Gasteiger partial charge >= 0.3 is 0 Å². The Balaban J connectivity index is 2.60. The molecule has 0 fully saturated rings. The number of nitrogens with one attached hydrogen (secondary N) is 1. The lowest BCUT2D eigenvalue weighted by Gasteiger charge is -2.13. The van der Waals surface area contributed by atoms with Gasteiger partial charge in [0, 0.05) is 6.54 Å². The first-order valence-electron chi connectivity index (χ1n) is 5.89. The summed E-state index contributed by atoms with van der Waals surface area (Å²) in [6.45, 7) is 4.25. The molecule has 0 aliphatic rings. The lowest BCUT2D eigenvalue weighted by Crippen LogP contribution is -2.38. The van der Waals surface area contributed by atoms with Gasteiger partial charge in [0.25, 0.3) is 0 Å². The lowest BCUT2D eigenvalue weighted by molar-refractivity contribution is -0.123. The minimum atomic E-state index is -0.584. The van der Waals surface area contributed by atoms with E-state index in [9.17, 15) is 4.79 Å². The Labute approximate surface area is 107 Å². The Morgan fingerprint density at radius 1 is 1.56 bits per heavy atom. The molecule has 18 heavy (non-hydrogen) atoms. The molecular formula is C13H19N3O2. The van der Waals surface area contributed by atoms with Gasteiger partial charge in [-0.05, 0) is 18.9 Å². The summed E-state index contributed by atoms with van der Waals surface area (Å²) in [5, 5.41) is 14.3. The second-order valence-electron chi connectivity index (χ2n) is 4.19. The number of hydrogen-bond acceptors (Lipinski definition) is 3. The first-order valence-corrected chi connectivity index (χ1v) is 5.89. The molecule has 0 aliphatic carbocycles. The number of rotatable bonds is 5. The molecule has 0 aliphatic heterocycles. The number of amidine groups is 1. The van der Waals surface area contributed by atoms with E-state index in [1.54, 1.807) is 0 Å². The van der Waals surface area contributed by atoms with Crippen molar-refractivity contribution in [2.45, 2.75) is 26.8 Å². The topological polar surface area (TPSA) is 87.7 Å². The van der Waals surface area contributed by atoms with Gasteiger partial charge in [-0.15, -0.1) is 0 Å². The highest BCUT2D eigenvalue weighted by atomic mass is 16.4. The van der Waals surface area contributed by atoms with Crippen molar-refractivity contribution in [3.8, 4) is 0 Å². The normalized spacial score (nSPS) is 13.1. The number of oxime groups is 1. The highest BCUT2D eigenvalue weighted by Crippen LogP contribution is 2.06. The zero-order valence-corrected chi connectivity index (χ0v) is 10.7. The predicted molar refractivity (Wildman–Crippen MR) is 70.2 cm³/mol. The van der Waals surface area contributed by atoms with Crippen LogP contribution in [0.2, 0.25) is 0 Å². The molecule has 1 amide bonds. The van der Waals surface area contributed by atoms with E-state index in [2.05, 4.69) is 10.5 Å². The quantitative estimate of drug-likeness (QED) is 0.319. The van der Waals surface area contributed by atoms with Gasteiger partial charge in [-0.1, -0.05) is 41.9 Å². The molecule has 1 rings (SSSR count). The highest BCUT2D eigenvalue weighted by Gasteiger charge is 2.20. The van der Waals surface area contributed by atoms with Crippen molar-refractivity contribution < 1.29 is 10.0 Å². The third kappa shape index (κ3) is 3.76. The van der Waals surface area contributed by atoms with Crippen LogP contribution in [-0.2, 0) is 11.3 Å². The van der Waals surface area contributed by atoms with Crippen LogP contribution in [0.4, 0.5) is 0 Å². The largest absolute Gasteiger partial charge is 0.409 e. The second kappa shape index (κ2) is 6.64. The number of benzene rings is 1. The average Bonchev–Trinajstić information content (AvgIpc) is 2.37. The molecule has 1 aromatic carbocycles. The molecule has 1 aromatic rings. The molecule has 1 atom stereocenters. The maximum Gasteiger partial charge on any atom is 0.231 e. The van der Waals surface area contributed by atoms with Gasteiger partial charge in [0.15, 0.2) is 5.84 Å². The summed E-state index contributed by atoms with van der Waals surface area (Å²) in [5.74, 6) is -0.867. The fourth-order valence-electron chi connectivity index (χ4n) is 1.73. The number of carbonyl (C=O) groups is 1. The molecule has 0 heterocycles. The van der Waals surface area contributed by atoms with Crippen LogP contribution in [0.25, 0.3) is 0 Å². The van der Waals surface area contributed by atoms with Crippen molar-refractivity contribution in [2.24, 2.45) is 16.8 Å². The molecule has 0 bridgehead atoms. The minimum absolute atomic E-state index is 0.0563. The third-order valence-electron chi connectivity index (χ3n) is 2.75. The van der Waals surface area contributed by atoms with Crippen molar-refractivity contribution in [3.63, 3.8) is 0 Å². The number of carbonyl (C=O) groups excluding carboxylic acids is 1. The lowest BCUT2D eigenvalue weighted by atomic mass is 10.0. The Morgan fingerprint density at radius 2 is 2.28 bits per heavy atom. The fourth-order valence-corrected chi connectivity index (χ4v) is 1.73. The summed E-state index contributed by atoms with van der Waals surface area (Å²) in [6.07, 6.45) is 0.496. The highest BCUT2D eigenvalue weighted by molar-refractivity contribution is 6.01. The fraction of sp³-hybridized carbons (Fsp3) is 0.385. The standard InChI is InChI=1S/C13H19N3O2/c1-3-11(12(14)16-18)13(17)15-8-10-6-4-5-9(2)7-10/h4-7,11,18H,3,8H2,1-2H3,(H2,14,16)(H,15,17). The molecule has 0 spiro atoms. The average molecular weight is 249 g/mol. The van der Waals surface area contributed by atoms with Crippen LogP contribution in [-0.4, -0.2) is 17.0 Å². The zero-order valence-electron chi connectivity index (χ0n) is 10.7. The number of aryl methyl sites for hydroxylation is 1. The van der Waals surface area contributed by atoms with E-state index in [1.165, 1.54) is 0 Å². The van der Waals surface area contributed by atoms with Gasteiger partial charge in [-0.25, -0.2) is 0 Å². The molecule has 5 heteroatoms. The van der Waals surface area contributed by atoms with E-state index in [0.29, 0.717) is 13.0 Å². The van der Waals surface area contributed by atoms with Crippen molar-refractivity contribution >= 4 is 11.7 Å². The molecule has 4 N–H and O–H groups in total. The van der Waals surface area contributed by atoms with E-state index in [4.69, 9.17) is 10.9 Å². The van der Waals surface area contributed by atoms with Gasteiger partial charge < -0.3 is 16.3 Å². The van der Waals surface area contributed by atoms with Gasteiger partial charge in [-0.3, -0.25) is 4.79 Å². The van der Waals surface area contributed by atoms with E-state index < -0.39 is 5.92 Å². The first-order chi connectivity index (χ1) is 8.58. The van der Waals surface area contributed by atoms with Crippen LogP contribution in [0.1, 0.15) is 24.5 Å². The predicted octanol–water partition coefficient (Wildman–Crippen LogP) is 1.38. The van der Waals surface area contributed by atoms with Crippen molar-refractivity contribution in [3.05, 3.63) is 35.4 Å². The molecule has 1 unspecified atom stereocenters. The summed E-state index contributed by atoms with van der Waals surface area (Å²) in [6, 6.07) is 7.89. The SMILES string of the molecule is CCC(C(=O)NCc1cccc(C)c1)C(N)=NO. The minimum Gasteiger partial charge on any atom is -0.409 e. The summed E-state index contributed by atoms with van der Waals surface area (Å²) >= 11 is 0. The third-order valence-corrected chi connectivity index (χ3v) is 2.75. The Bertz CT molecular complexity index is 444. The Kier molecular flexibility index (Phi) is 5.17.